The summed E-state index contributed by atoms with van der Waals surface area (Å²) in [6, 6.07) is 16.4. The summed E-state index contributed by atoms with van der Waals surface area (Å²) in [5, 5.41) is 2.96. The molecule has 0 heterocycles. The molecule has 0 aliphatic heterocycles. The lowest BCUT2D eigenvalue weighted by molar-refractivity contribution is 0.0931. The van der Waals surface area contributed by atoms with Crippen LogP contribution in [0.25, 0.3) is 0 Å². The van der Waals surface area contributed by atoms with Crippen LogP contribution in [0.1, 0.15) is 50.0 Å². The van der Waals surface area contributed by atoms with Gasteiger partial charge in [0.1, 0.15) is 0 Å². The first-order chi connectivity index (χ1) is 12.2. The smallest absolute Gasteiger partial charge is 0.252 e. The zero-order valence-corrected chi connectivity index (χ0v) is 16.6. The molecule has 0 bridgehead atoms. The molecular weight excluding hydrogens is 346 g/mol. The van der Waals surface area contributed by atoms with E-state index in [9.17, 15) is 13.2 Å². The number of nitrogens with one attached hydrogen (secondary N) is 1. The van der Waals surface area contributed by atoms with E-state index in [0.717, 1.165) is 6.42 Å². The Bertz CT molecular complexity index is 858. The van der Waals surface area contributed by atoms with E-state index in [1.165, 1.54) is 11.6 Å². The highest BCUT2D eigenvalue weighted by molar-refractivity contribution is 7.91. The molecule has 0 aliphatic rings. The maximum atomic E-state index is 12.7. The number of sulfone groups is 1. The van der Waals surface area contributed by atoms with Crippen molar-refractivity contribution in [1.29, 1.82) is 0 Å². The van der Waals surface area contributed by atoms with Crippen LogP contribution in [0, 0.1) is 0 Å². The van der Waals surface area contributed by atoms with Crippen LogP contribution in [0.3, 0.4) is 0 Å². The monoisotopic (exact) mass is 373 g/mol. The molecule has 0 aliphatic carbocycles. The molecule has 2 rings (SSSR count). The Morgan fingerprint density at radius 2 is 1.62 bits per heavy atom. The van der Waals surface area contributed by atoms with Gasteiger partial charge in [-0.05, 0) is 36.5 Å². The van der Waals surface area contributed by atoms with Crippen LogP contribution in [-0.2, 0) is 15.3 Å². The number of benzene rings is 2. The molecule has 1 amide bonds. The van der Waals surface area contributed by atoms with Gasteiger partial charge < -0.3 is 5.32 Å². The number of carbonyl (C=O) groups excluding carboxylic acids is 1. The third kappa shape index (κ3) is 4.73. The largest absolute Gasteiger partial charge is 0.350 e. The van der Waals surface area contributed by atoms with Crippen LogP contribution in [0.2, 0.25) is 0 Å². The lowest BCUT2D eigenvalue weighted by Crippen LogP contribution is -2.37. The molecule has 0 saturated carbocycles. The fraction of sp³-hybridized carbons (Fsp3) is 0.381. The second kappa shape index (κ2) is 8.04. The SMILES string of the molecule is CCS(=O)(=O)c1ccccc1C(=O)NC(C)CC(C)(C)c1ccccc1. The maximum absolute atomic E-state index is 12.7. The van der Waals surface area contributed by atoms with Crippen molar-refractivity contribution in [3.63, 3.8) is 0 Å². The Labute approximate surface area is 156 Å². The van der Waals surface area contributed by atoms with Crippen LogP contribution in [-0.4, -0.2) is 26.1 Å². The maximum Gasteiger partial charge on any atom is 0.252 e. The van der Waals surface area contributed by atoms with Gasteiger partial charge in [0.15, 0.2) is 9.84 Å². The van der Waals surface area contributed by atoms with Crippen molar-refractivity contribution in [2.45, 2.75) is 50.5 Å². The lowest BCUT2D eigenvalue weighted by atomic mass is 9.79. The number of hydrogen-bond donors (Lipinski definition) is 1. The fourth-order valence-corrected chi connectivity index (χ4v) is 4.30. The highest BCUT2D eigenvalue weighted by Gasteiger charge is 2.26. The topological polar surface area (TPSA) is 63.2 Å². The first kappa shape index (κ1) is 20.2. The molecule has 140 valence electrons. The minimum Gasteiger partial charge on any atom is -0.350 e. The van der Waals surface area contributed by atoms with Crippen LogP contribution < -0.4 is 5.32 Å². The molecule has 1 N–H and O–H groups in total. The second-order valence-electron chi connectivity index (χ2n) is 7.23. The van der Waals surface area contributed by atoms with Crippen molar-refractivity contribution in [3.05, 3.63) is 65.7 Å². The summed E-state index contributed by atoms with van der Waals surface area (Å²) in [6.07, 6.45) is 0.742. The molecule has 2 aromatic rings. The van der Waals surface area contributed by atoms with Gasteiger partial charge >= 0.3 is 0 Å². The van der Waals surface area contributed by atoms with E-state index in [-0.39, 0.29) is 33.6 Å². The molecule has 26 heavy (non-hydrogen) atoms. The summed E-state index contributed by atoms with van der Waals surface area (Å²) < 4.78 is 24.5. The second-order valence-corrected chi connectivity index (χ2v) is 9.47. The molecule has 4 nitrogen and oxygen atoms in total. The number of rotatable bonds is 7. The normalized spacial score (nSPS) is 13.2. The van der Waals surface area contributed by atoms with Gasteiger partial charge in [-0.15, -0.1) is 0 Å². The van der Waals surface area contributed by atoms with E-state index in [1.807, 2.05) is 25.1 Å². The van der Waals surface area contributed by atoms with Gasteiger partial charge in [0, 0.05) is 6.04 Å². The Morgan fingerprint density at radius 1 is 1.04 bits per heavy atom. The van der Waals surface area contributed by atoms with E-state index in [1.54, 1.807) is 25.1 Å². The highest BCUT2D eigenvalue weighted by atomic mass is 32.2. The summed E-state index contributed by atoms with van der Waals surface area (Å²) in [4.78, 5) is 12.8. The third-order valence-electron chi connectivity index (χ3n) is 4.60. The summed E-state index contributed by atoms with van der Waals surface area (Å²) >= 11 is 0. The van der Waals surface area contributed by atoms with Crippen molar-refractivity contribution in [1.82, 2.24) is 5.32 Å². The van der Waals surface area contributed by atoms with Gasteiger partial charge in [-0.3, -0.25) is 4.79 Å². The Morgan fingerprint density at radius 3 is 2.23 bits per heavy atom. The molecule has 0 aromatic heterocycles. The van der Waals surface area contributed by atoms with Gasteiger partial charge in [0.05, 0.1) is 16.2 Å². The fourth-order valence-electron chi connectivity index (χ4n) is 3.21. The molecule has 5 heteroatoms. The van der Waals surface area contributed by atoms with Crippen LogP contribution in [0.5, 0.6) is 0 Å². The van der Waals surface area contributed by atoms with Crippen LogP contribution in [0.15, 0.2) is 59.5 Å². The quantitative estimate of drug-likeness (QED) is 0.799. The molecule has 0 spiro atoms. The van der Waals surface area contributed by atoms with Gasteiger partial charge in [0.2, 0.25) is 0 Å². The van der Waals surface area contributed by atoms with E-state index in [4.69, 9.17) is 0 Å². The summed E-state index contributed by atoms with van der Waals surface area (Å²) in [6.45, 7) is 7.80. The van der Waals surface area contributed by atoms with Gasteiger partial charge in [-0.2, -0.15) is 0 Å². The van der Waals surface area contributed by atoms with E-state index in [2.05, 4.69) is 31.3 Å². The molecule has 0 radical (unpaired) electrons. The Kier molecular flexibility index (Phi) is 6.24. The number of hydrogen-bond acceptors (Lipinski definition) is 3. The standard InChI is InChI=1S/C21H27NO3S/c1-5-26(24,25)19-14-10-9-13-18(19)20(23)22-16(2)15-21(3,4)17-11-7-6-8-12-17/h6-14,16H,5,15H2,1-4H3,(H,22,23). The summed E-state index contributed by atoms with van der Waals surface area (Å²) in [7, 11) is -3.45. The van der Waals surface area contributed by atoms with E-state index in [0.29, 0.717) is 0 Å². The summed E-state index contributed by atoms with van der Waals surface area (Å²) in [5.74, 6) is -0.387. The van der Waals surface area contributed by atoms with Crippen molar-refractivity contribution >= 4 is 15.7 Å². The van der Waals surface area contributed by atoms with Gasteiger partial charge in [0.25, 0.3) is 5.91 Å². The molecule has 0 fully saturated rings. The average molecular weight is 374 g/mol. The molecule has 2 aromatic carbocycles. The molecule has 0 saturated heterocycles. The van der Waals surface area contributed by atoms with Gasteiger partial charge in [-0.1, -0.05) is 63.2 Å². The van der Waals surface area contributed by atoms with Crippen molar-refractivity contribution in [3.8, 4) is 0 Å². The Hall–Kier alpha value is -2.14. The minimum absolute atomic E-state index is 0.0338. The van der Waals surface area contributed by atoms with Gasteiger partial charge in [-0.25, -0.2) is 8.42 Å². The zero-order chi connectivity index (χ0) is 19.4. The number of carbonyl (C=O) groups is 1. The predicted octanol–water partition coefficient (Wildman–Crippen LogP) is 3.97. The molecular formula is C21H27NO3S. The van der Waals surface area contributed by atoms with E-state index >= 15 is 0 Å². The first-order valence-corrected chi connectivity index (χ1v) is 10.5. The van der Waals surface area contributed by atoms with E-state index < -0.39 is 9.84 Å². The highest BCUT2D eigenvalue weighted by Crippen LogP contribution is 2.28. The Balaban J connectivity index is 2.16. The average Bonchev–Trinajstić information content (AvgIpc) is 2.62. The molecule has 1 atom stereocenters. The van der Waals surface area contributed by atoms with Crippen molar-refractivity contribution in [2.24, 2.45) is 0 Å². The minimum atomic E-state index is -3.45. The third-order valence-corrected chi connectivity index (χ3v) is 6.38. The van der Waals surface area contributed by atoms with Crippen LogP contribution >= 0.6 is 0 Å². The predicted molar refractivity (Wildman–Crippen MR) is 105 cm³/mol. The number of amides is 1. The first-order valence-electron chi connectivity index (χ1n) is 8.85. The zero-order valence-electron chi connectivity index (χ0n) is 15.8. The summed E-state index contributed by atoms with van der Waals surface area (Å²) in [5.41, 5.74) is 1.30. The molecule has 1 unspecified atom stereocenters. The van der Waals surface area contributed by atoms with Crippen molar-refractivity contribution < 1.29 is 13.2 Å². The van der Waals surface area contributed by atoms with Crippen molar-refractivity contribution in [2.75, 3.05) is 5.75 Å². The van der Waals surface area contributed by atoms with Crippen LogP contribution in [0.4, 0.5) is 0 Å². The lowest BCUT2D eigenvalue weighted by Gasteiger charge is -2.29.